The lowest BCUT2D eigenvalue weighted by atomic mass is 10.0. The Balaban J connectivity index is 1.29. The number of benzene rings is 2. The van der Waals surface area contributed by atoms with E-state index in [1.807, 2.05) is 35.4 Å². The number of carbonyl (C=O) groups excluding carboxylic acids is 1. The Morgan fingerprint density at radius 2 is 1.84 bits per heavy atom. The summed E-state index contributed by atoms with van der Waals surface area (Å²) < 4.78 is 1.69. The van der Waals surface area contributed by atoms with Gasteiger partial charge in [0.15, 0.2) is 0 Å². The summed E-state index contributed by atoms with van der Waals surface area (Å²) in [5.74, 6) is 0.0590. The highest BCUT2D eigenvalue weighted by atomic mass is 16.2. The van der Waals surface area contributed by atoms with E-state index in [4.69, 9.17) is 4.98 Å². The number of nitrogens with zero attached hydrogens (tertiary/aromatic N) is 5. The summed E-state index contributed by atoms with van der Waals surface area (Å²) in [6.45, 7) is 3.05. The van der Waals surface area contributed by atoms with Gasteiger partial charge in [-0.25, -0.2) is 4.68 Å². The number of amides is 1. The number of carbonyl (C=O) groups is 1. The van der Waals surface area contributed by atoms with Crippen LogP contribution in [0.25, 0.3) is 11.0 Å². The third-order valence-electron chi connectivity index (χ3n) is 6.00. The quantitative estimate of drug-likeness (QED) is 0.496. The standard InChI is InChI=1S/C25H25N5O/c1-18-8-10-19(11-9-18)15-20-12-13-21(26-16-20)23-7-4-14-29(23)25(31)17-30-24-6-3-2-5-22(24)27-28-30/h2-3,5-6,8-13,16,23H,4,7,14-15,17H2,1H3/t23-/m0/s1. The summed E-state index contributed by atoms with van der Waals surface area (Å²) in [7, 11) is 0. The van der Waals surface area contributed by atoms with Crippen LogP contribution in [0.4, 0.5) is 0 Å². The van der Waals surface area contributed by atoms with Crippen LogP contribution in [0.3, 0.4) is 0 Å². The first-order chi connectivity index (χ1) is 15.2. The highest BCUT2D eigenvalue weighted by Gasteiger charge is 2.31. The topological polar surface area (TPSA) is 63.9 Å². The van der Waals surface area contributed by atoms with Crippen molar-refractivity contribution in [3.05, 3.63) is 89.2 Å². The second-order valence-corrected chi connectivity index (χ2v) is 8.23. The Bertz CT molecular complexity index is 1200. The number of fused-ring (bicyclic) bond motifs is 1. The molecule has 4 aromatic rings. The van der Waals surface area contributed by atoms with E-state index in [-0.39, 0.29) is 18.5 Å². The maximum atomic E-state index is 13.1. The van der Waals surface area contributed by atoms with Crippen molar-refractivity contribution in [1.29, 1.82) is 0 Å². The fraction of sp³-hybridized carbons (Fsp3) is 0.280. The van der Waals surface area contributed by atoms with Gasteiger partial charge in [-0.3, -0.25) is 9.78 Å². The van der Waals surface area contributed by atoms with Gasteiger partial charge in [-0.15, -0.1) is 5.10 Å². The van der Waals surface area contributed by atoms with Gasteiger partial charge in [0.25, 0.3) is 0 Å². The van der Waals surface area contributed by atoms with Crippen LogP contribution in [0, 0.1) is 6.92 Å². The smallest absolute Gasteiger partial charge is 0.244 e. The number of para-hydroxylation sites is 1. The summed E-state index contributed by atoms with van der Waals surface area (Å²) in [6, 6.07) is 20.5. The maximum Gasteiger partial charge on any atom is 0.244 e. The van der Waals surface area contributed by atoms with Crippen LogP contribution < -0.4 is 0 Å². The van der Waals surface area contributed by atoms with E-state index in [1.54, 1.807) is 4.68 Å². The summed E-state index contributed by atoms with van der Waals surface area (Å²) in [5, 5.41) is 8.32. The first kappa shape index (κ1) is 19.4. The van der Waals surface area contributed by atoms with E-state index in [1.165, 1.54) is 16.7 Å². The first-order valence-electron chi connectivity index (χ1n) is 10.8. The van der Waals surface area contributed by atoms with Crippen molar-refractivity contribution in [2.24, 2.45) is 0 Å². The van der Waals surface area contributed by atoms with Crippen LogP contribution in [0.2, 0.25) is 0 Å². The van der Waals surface area contributed by atoms with Gasteiger partial charge in [-0.1, -0.05) is 53.2 Å². The van der Waals surface area contributed by atoms with Gasteiger partial charge in [0, 0.05) is 12.7 Å². The molecule has 0 unspecified atom stereocenters. The zero-order valence-corrected chi connectivity index (χ0v) is 17.6. The monoisotopic (exact) mass is 411 g/mol. The lowest BCUT2D eigenvalue weighted by molar-refractivity contribution is -0.133. The second-order valence-electron chi connectivity index (χ2n) is 8.23. The minimum absolute atomic E-state index is 0.0238. The van der Waals surface area contributed by atoms with Crippen molar-refractivity contribution < 1.29 is 4.79 Å². The van der Waals surface area contributed by atoms with Crippen LogP contribution in [0.15, 0.2) is 66.9 Å². The average molecular weight is 412 g/mol. The molecule has 156 valence electrons. The van der Waals surface area contributed by atoms with Gasteiger partial charge in [0.2, 0.25) is 5.91 Å². The molecule has 1 fully saturated rings. The molecule has 0 aliphatic carbocycles. The number of hydrogen-bond acceptors (Lipinski definition) is 4. The van der Waals surface area contributed by atoms with Crippen LogP contribution in [-0.4, -0.2) is 37.3 Å². The number of aryl methyl sites for hydroxylation is 1. The zero-order valence-electron chi connectivity index (χ0n) is 17.6. The molecule has 6 nitrogen and oxygen atoms in total. The third kappa shape index (κ3) is 4.06. The third-order valence-corrected chi connectivity index (χ3v) is 6.00. The summed E-state index contributed by atoms with van der Waals surface area (Å²) in [6.07, 6.45) is 4.73. The molecule has 2 aromatic carbocycles. The lowest BCUT2D eigenvalue weighted by Gasteiger charge is -2.24. The summed E-state index contributed by atoms with van der Waals surface area (Å²) in [5.41, 5.74) is 6.36. The highest BCUT2D eigenvalue weighted by molar-refractivity contribution is 5.80. The molecule has 0 N–H and O–H groups in total. The van der Waals surface area contributed by atoms with Gasteiger partial charge in [-0.2, -0.15) is 0 Å². The van der Waals surface area contributed by atoms with Crippen molar-refractivity contribution in [1.82, 2.24) is 24.9 Å². The number of rotatable bonds is 5. The molecule has 1 amide bonds. The van der Waals surface area contributed by atoms with Gasteiger partial charge in [-0.05, 0) is 55.5 Å². The van der Waals surface area contributed by atoms with Crippen molar-refractivity contribution >= 4 is 16.9 Å². The molecule has 1 aliphatic rings. The summed E-state index contributed by atoms with van der Waals surface area (Å²) >= 11 is 0. The molecule has 31 heavy (non-hydrogen) atoms. The zero-order chi connectivity index (χ0) is 21.2. The lowest BCUT2D eigenvalue weighted by Crippen LogP contribution is -2.34. The summed E-state index contributed by atoms with van der Waals surface area (Å²) in [4.78, 5) is 19.8. The SMILES string of the molecule is Cc1ccc(Cc2ccc([C@@H]3CCCN3C(=O)Cn3nnc4ccccc43)nc2)cc1. The second kappa shape index (κ2) is 8.30. The molecular weight excluding hydrogens is 386 g/mol. The predicted octanol–water partition coefficient (Wildman–Crippen LogP) is 4.09. The van der Waals surface area contributed by atoms with Crippen LogP contribution in [0.1, 0.15) is 41.3 Å². The molecule has 1 aliphatic heterocycles. The van der Waals surface area contributed by atoms with E-state index in [0.29, 0.717) is 0 Å². The molecule has 0 saturated carbocycles. The van der Waals surface area contributed by atoms with Crippen molar-refractivity contribution in [3.8, 4) is 0 Å². The number of hydrogen-bond donors (Lipinski definition) is 0. The Morgan fingerprint density at radius 3 is 2.65 bits per heavy atom. The van der Waals surface area contributed by atoms with Crippen molar-refractivity contribution in [2.45, 2.75) is 38.8 Å². The molecule has 2 aromatic heterocycles. The van der Waals surface area contributed by atoms with Crippen LogP contribution >= 0.6 is 0 Å². The average Bonchev–Trinajstić information content (AvgIpc) is 3.44. The van der Waals surface area contributed by atoms with E-state index in [2.05, 4.69) is 53.6 Å². The number of pyridine rings is 1. The Hall–Kier alpha value is -3.54. The highest BCUT2D eigenvalue weighted by Crippen LogP contribution is 2.31. The maximum absolute atomic E-state index is 13.1. The minimum atomic E-state index is 0.0238. The van der Waals surface area contributed by atoms with E-state index < -0.39 is 0 Å². The molecule has 0 spiro atoms. The number of likely N-dealkylation sites (tertiary alicyclic amines) is 1. The largest absolute Gasteiger partial charge is 0.332 e. The fourth-order valence-corrected chi connectivity index (χ4v) is 4.31. The van der Waals surface area contributed by atoms with E-state index >= 15 is 0 Å². The van der Waals surface area contributed by atoms with Gasteiger partial charge >= 0.3 is 0 Å². The van der Waals surface area contributed by atoms with Gasteiger partial charge in [0.05, 0.1) is 17.3 Å². The molecule has 5 rings (SSSR count). The van der Waals surface area contributed by atoms with Gasteiger partial charge < -0.3 is 4.90 Å². The molecular formula is C25H25N5O. The molecule has 3 heterocycles. The van der Waals surface area contributed by atoms with E-state index in [9.17, 15) is 4.79 Å². The van der Waals surface area contributed by atoms with E-state index in [0.717, 1.165) is 42.5 Å². The molecule has 1 saturated heterocycles. The Labute approximate surface area is 181 Å². The normalized spacial score (nSPS) is 16.2. The molecule has 1 atom stereocenters. The minimum Gasteiger partial charge on any atom is -0.332 e. The Morgan fingerprint density at radius 1 is 1.03 bits per heavy atom. The Kier molecular flexibility index (Phi) is 5.20. The fourth-order valence-electron chi connectivity index (χ4n) is 4.31. The van der Waals surface area contributed by atoms with Crippen molar-refractivity contribution in [2.75, 3.05) is 6.54 Å². The molecule has 6 heteroatoms. The first-order valence-corrected chi connectivity index (χ1v) is 10.8. The molecule has 0 radical (unpaired) electrons. The van der Waals surface area contributed by atoms with Crippen LogP contribution in [0.5, 0.6) is 0 Å². The molecule has 0 bridgehead atoms. The van der Waals surface area contributed by atoms with Crippen molar-refractivity contribution in [3.63, 3.8) is 0 Å². The van der Waals surface area contributed by atoms with Crippen LogP contribution in [-0.2, 0) is 17.8 Å². The van der Waals surface area contributed by atoms with Gasteiger partial charge in [0.1, 0.15) is 12.1 Å². The number of aromatic nitrogens is 4. The predicted molar refractivity (Wildman–Crippen MR) is 119 cm³/mol.